The van der Waals surface area contributed by atoms with E-state index in [0.29, 0.717) is 10.4 Å². The van der Waals surface area contributed by atoms with E-state index in [1.54, 1.807) is 6.07 Å². The Morgan fingerprint density at radius 3 is 2.94 bits per heavy atom. The molecule has 1 heterocycles. The van der Waals surface area contributed by atoms with E-state index in [4.69, 9.17) is 0 Å². The Morgan fingerprint density at radius 2 is 2.28 bits per heavy atom. The number of carbonyl (C=O) groups is 1. The lowest BCUT2D eigenvalue weighted by Gasteiger charge is -1.99. The van der Waals surface area contributed by atoms with Crippen LogP contribution in [0.3, 0.4) is 0 Å². The van der Waals surface area contributed by atoms with Gasteiger partial charge < -0.3 is 4.74 Å². The van der Waals surface area contributed by atoms with Crippen LogP contribution in [0, 0.1) is 10.1 Å². The normalized spacial score (nSPS) is 10.1. The fourth-order valence-electron chi connectivity index (χ4n) is 1.37. The molecule has 0 aliphatic carbocycles. The number of ether oxygens (including phenoxy) is 1. The van der Waals surface area contributed by atoms with Gasteiger partial charge in [-0.05, 0) is 11.5 Å². The van der Waals surface area contributed by atoms with Crippen LogP contribution in [-0.2, 0) is 4.74 Å². The lowest BCUT2D eigenvalue weighted by atomic mass is 10.1. The van der Waals surface area contributed by atoms with Gasteiger partial charge in [0.25, 0.3) is 5.69 Å². The maximum Gasteiger partial charge on any atom is 0.360 e. The molecule has 92 valence electrons. The highest BCUT2D eigenvalue weighted by molar-refractivity contribution is 7.09. The lowest BCUT2D eigenvalue weighted by Crippen LogP contribution is -2.03. The summed E-state index contributed by atoms with van der Waals surface area (Å²) in [5.41, 5.74) is 0.513. The second kappa shape index (κ2) is 4.88. The fourth-order valence-corrected chi connectivity index (χ4v) is 2.02. The summed E-state index contributed by atoms with van der Waals surface area (Å²) in [6.07, 6.45) is 0. The highest BCUT2D eigenvalue weighted by atomic mass is 32.1. The SMILES string of the molecule is COC(=O)c1nnsc1-c1cccc([N+](=O)[O-])c1. The molecular formula is C10H7N3O4S. The predicted octanol–water partition coefficient (Wildman–Crippen LogP) is 1.90. The lowest BCUT2D eigenvalue weighted by molar-refractivity contribution is -0.384. The Hall–Kier alpha value is -2.35. The molecule has 0 fully saturated rings. The van der Waals surface area contributed by atoms with E-state index in [9.17, 15) is 14.9 Å². The van der Waals surface area contributed by atoms with Gasteiger partial charge in [0.15, 0.2) is 5.69 Å². The van der Waals surface area contributed by atoms with Crippen LogP contribution >= 0.6 is 11.5 Å². The van der Waals surface area contributed by atoms with Crippen molar-refractivity contribution >= 4 is 23.2 Å². The van der Waals surface area contributed by atoms with Crippen LogP contribution in [0.15, 0.2) is 24.3 Å². The number of methoxy groups -OCH3 is 1. The van der Waals surface area contributed by atoms with Gasteiger partial charge in [0.05, 0.1) is 16.9 Å². The van der Waals surface area contributed by atoms with E-state index in [0.717, 1.165) is 11.5 Å². The molecule has 2 aromatic rings. The molecule has 0 saturated heterocycles. The van der Waals surface area contributed by atoms with Crippen LogP contribution in [0.4, 0.5) is 5.69 Å². The molecule has 0 atom stereocenters. The number of hydrogen-bond donors (Lipinski definition) is 0. The molecule has 0 unspecified atom stereocenters. The number of aromatic nitrogens is 2. The van der Waals surface area contributed by atoms with Crippen molar-refractivity contribution in [1.29, 1.82) is 0 Å². The monoisotopic (exact) mass is 265 g/mol. The van der Waals surface area contributed by atoms with E-state index in [1.165, 1.54) is 25.3 Å². The molecule has 0 amide bonds. The molecule has 0 aliphatic rings. The second-order valence-electron chi connectivity index (χ2n) is 3.25. The minimum absolute atomic E-state index is 0.0583. The minimum atomic E-state index is -0.620. The molecule has 8 heteroatoms. The van der Waals surface area contributed by atoms with Crippen LogP contribution in [0.5, 0.6) is 0 Å². The summed E-state index contributed by atoms with van der Waals surface area (Å²) in [6, 6.07) is 5.92. The summed E-state index contributed by atoms with van der Waals surface area (Å²) >= 11 is 0.982. The van der Waals surface area contributed by atoms with Crippen LogP contribution < -0.4 is 0 Å². The summed E-state index contributed by atoms with van der Waals surface area (Å²) in [5.74, 6) is -0.620. The predicted molar refractivity (Wildman–Crippen MR) is 63.3 cm³/mol. The zero-order chi connectivity index (χ0) is 13.1. The van der Waals surface area contributed by atoms with E-state index in [-0.39, 0.29) is 11.4 Å². The first-order valence-electron chi connectivity index (χ1n) is 4.79. The molecule has 0 saturated carbocycles. The van der Waals surface area contributed by atoms with Gasteiger partial charge in [-0.15, -0.1) is 5.10 Å². The summed E-state index contributed by atoms with van der Waals surface area (Å²) in [6.45, 7) is 0. The Labute approximate surface area is 105 Å². The highest BCUT2D eigenvalue weighted by Gasteiger charge is 2.19. The first kappa shape index (κ1) is 12.1. The molecule has 7 nitrogen and oxygen atoms in total. The average Bonchev–Trinajstić information content (AvgIpc) is 2.87. The molecular weight excluding hydrogens is 258 g/mol. The first-order valence-corrected chi connectivity index (χ1v) is 5.56. The third-order valence-electron chi connectivity index (χ3n) is 2.19. The van der Waals surface area contributed by atoms with Gasteiger partial charge in [0.1, 0.15) is 0 Å². The van der Waals surface area contributed by atoms with Crippen molar-refractivity contribution in [1.82, 2.24) is 9.59 Å². The van der Waals surface area contributed by atoms with Crippen LogP contribution in [0.1, 0.15) is 10.5 Å². The van der Waals surface area contributed by atoms with E-state index < -0.39 is 10.9 Å². The molecule has 0 spiro atoms. The Kier molecular flexibility index (Phi) is 3.28. The number of esters is 1. The van der Waals surface area contributed by atoms with Gasteiger partial charge in [-0.25, -0.2) is 4.79 Å². The third-order valence-corrected chi connectivity index (χ3v) is 2.96. The summed E-state index contributed by atoms with van der Waals surface area (Å²) in [4.78, 5) is 22.1. The van der Waals surface area contributed by atoms with Gasteiger partial charge in [-0.1, -0.05) is 16.6 Å². The highest BCUT2D eigenvalue weighted by Crippen LogP contribution is 2.29. The van der Waals surface area contributed by atoms with Crippen LogP contribution in [0.25, 0.3) is 10.4 Å². The van der Waals surface area contributed by atoms with Crippen molar-refractivity contribution < 1.29 is 14.5 Å². The molecule has 0 bridgehead atoms. The third kappa shape index (κ3) is 2.18. The number of nitrogens with zero attached hydrogens (tertiary/aromatic N) is 3. The summed E-state index contributed by atoms with van der Waals surface area (Å²) in [5, 5.41) is 14.3. The number of benzene rings is 1. The van der Waals surface area contributed by atoms with Gasteiger partial charge >= 0.3 is 5.97 Å². The first-order chi connectivity index (χ1) is 8.63. The number of rotatable bonds is 3. The molecule has 1 aromatic heterocycles. The van der Waals surface area contributed by atoms with E-state index in [2.05, 4.69) is 14.3 Å². The summed E-state index contributed by atoms with van der Waals surface area (Å²) in [7, 11) is 1.24. The molecule has 1 aromatic carbocycles. The number of nitro benzene ring substituents is 1. The van der Waals surface area contributed by atoms with Gasteiger partial charge in [-0.2, -0.15) is 0 Å². The van der Waals surface area contributed by atoms with Crippen molar-refractivity contribution in [2.45, 2.75) is 0 Å². The Bertz CT molecular complexity index is 611. The van der Waals surface area contributed by atoms with E-state index in [1.807, 2.05) is 0 Å². The summed E-state index contributed by atoms with van der Waals surface area (Å²) < 4.78 is 8.23. The Balaban J connectivity index is 2.49. The molecule has 18 heavy (non-hydrogen) atoms. The van der Waals surface area contributed by atoms with Gasteiger partial charge in [0, 0.05) is 17.7 Å². The van der Waals surface area contributed by atoms with Crippen molar-refractivity contribution in [2.75, 3.05) is 7.11 Å². The fraction of sp³-hybridized carbons (Fsp3) is 0.100. The average molecular weight is 265 g/mol. The zero-order valence-corrected chi connectivity index (χ0v) is 10.0. The quantitative estimate of drug-likeness (QED) is 0.477. The van der Waals surface area contributed by atoms with Crippen molar-refractivity contribution in [3.8, 4) is 10.4 Å². The molecule has 0 aliphatic heterocycles. The van der Waals surface area contributed by atoms with E-state index >= 15 is 0 Å². The Morgan fingerprint density at radius 1 is 1.50 bits per heavy atom. The number of non-ortho nitro benzene ring substituents is 1. The maximum absolute atomic E-state index is 11.4. The van der Waals surface area contributed by atoms with Crippen LogP contribution in [-0.4, -0.2) is 27.6 Å². The van der Waals surface area contributed by atoms with Gasteiger partial charge in [-0.3, -0.25) is 10.1 Å². The second-order valence-corrected chi connectivity index (χ2v) is 4.00. The van der Waals surface area contributed by atoms with Crippen molar-refractivity contribution in [2.24, 2.45) is 0 Å². The number of nitro groups is 1. The number of carbonyl (C=O) groups excluding carboxylic acids is 1. The topological polar surface area (TPSA) is 95.2 Å². The van der Waals surface area contributed by atoms with Gasteiger partial charge in [0.2, 0.25) is 0 Å². The van der Waals surface area contributed by atoms with Crippen LogP contribution in [0.2, 0.25) is 0 Å². The minimum Gasteiger partial charge on any atom is -0.464 e. The molecule has 0 N–H and O–H groups in total. The molecule has 2 rings (SSSR count). The molecule has 0 radical (unpaired) electrons. The van der Waals surface area contributed by atoms with Crippen molar-refractivity contribution in [3.05, 3.63) is 40.1 Å². The standard InChI is InChI=1S/C10H7N3O4S/c1-17-10(14)8-9(18-12-11-8)6-3-2-4-7(5-6)13(15)16/h2-5H,1H3. The largest absolute Gasteiger partial charge is 0.464 e. The smallest absolute Gasteiger partial charge is 0.360 e. The maximum atomic E-state index is 11.4. The number of hydrogen-bond acceptors (Lipinski definition) is 7. The van der Waals surface area contributed by atoms with Crippen molar-refractivity contribution in [3.63, 3.8) is 0 Å². The zero-order valence-electron chi connectivity index (χ0n) is 9.19.